The van der Waals surface area contributed by atoms with Crippen LogP contribution in [0.5, 0.6) is 0 Å². The molecule has 2 saturated heterocycles. The molecule has 1 aromatic rings. The van der Waals surface area contributed by atoms with Crippen LogP contribution in [0.4, 0.5) is 0 Å². The number of nitrogens with zero attached hydrogens (tertiary/aromatic N) is 3. The summed E-state index contributed by atoms with van der Waals surface area (Å²) in [7, 11) is -3.69. The number of sulfonamides is 1. The summed E-state index contributed by atoms with van der Waals surface area (Å²) in [5.74, 6) is -1.40. The van der Waals surface area contributed by atoms with Crippen LogP contribution < -0.4 is 0 Å². The molecular formula is C15H21N3O5S2. The smallest absolute Gasteiger partial charge is 0.273 e. The number of hydrogen-bond donors (Lipinski definition) is 1. The second kappa shape index (κ2) is 6.33. The molecule has 138 valence electrons. The molecule has 3 rings (SSSR count). The third-order valence-corrected chi connectivity index (χ3v) is 6.83. The van der Waals surface area contributed by atoms with Gasteiger partial charge in [-0.1, -0.05) is 13.8 Å². The van der Waals surface area contributed by atoms with Crippen LogP contribution in [0, 0.1) is 11.8 Å². The van der Waals surface area contributed by atoms with Gasteiger partial charge in [-0.3, -0.25) is 9.59 Å². The first-order chi connectivity index (χ1) is 11.7. The van der Waals surface area contributed by atoms with Gasteiger partial charge in [0.2, 0.25) is 15.9 Å². The maximum atomic E-state index is 12.9. The molecule has 8 nitrogen and oxygen atoms in total. The lowest BCUT2D eigenvalue weighted by molar-refractivity contribution is -0.129. The fourth-order valence-corrected chi connectivity index (χ4v) is 5.70. The van der Waals surface area contributed by atoms with Crippen molar-refractivity contribution < 1.29 is 23.1 Å². The largest absolute Gasteiger partial charge is 0.389 e. The number of likely N-dealkylation sites (tertiary alicyclic amines) is 1. The van der Waals surface area contributed by atoms with E-state index in [4.69, 9.17) is 5.11 Å². The Kier molecular flexibility index (Phi) is 4.63. The first-order valence-electron chi connectivity index (χ1n) is 8.06. The Morgan fingerprint density at radius 3 is 2.68 bits per heavy atom. The molecule has 2 aliphatic heterocycles. The summed E-state index contributed by atoms with van der Waals surface area (Å²) in [5, 5.41) is 11.2. The molecule has 25 heavy (non-hydrogen) atoms. The predicted molar refractivity (Wildman–Crippen MR) is 91.3 cm³/mol. The Labute approximate surface area is 150 Å². The van der Waals surface area contributed by atoms with Crippen LogP contribution in [0.25, 0.3) is 0 Å². The molecule has 0 saturated carbocycles. The maximum Gasteiger partial charge on any atom is 0.273 e. The van der Waals surface area contributed by atoms with Crippen LogP contribution in [-0.2, 0) is 21.4 Å². The molecule has 0 aliphatic carbocycles. The first kappa shape index (κ1) is 18.3. The van der Waals surface area contributed by atoms with Gasteiger partial charge in [0.15, 0.2) is 0 Å². The third-order valence-electron chi connectivity index (χ3n) is 4.83. The second-order valence-electron chi connectivity index (χ2n) is 6.80. The van der Waals surface area contributed by atoms with Gasteiger partial charge >= 0.3 is 0 Å². The summed E-state index contributed by atoms with van der Waals surface area (Å²) >= 11 is 1.19. The van der Waals surface area contributed by atoms with Crippen LogP contribution in [0.3, 0.4) is 0 Å². The molecule has 3 heterocycles. The predicted octanol–water partition coefficient (Wildman–Crippen LogP) is 0.293. The van der Waals surface area contributed by atoms with Crippen LogP contribution in [0.15, 0.2) is 5.38 Å². The van der Waals surface area contributed by atoms with E-state index >= 15 is 0 Å². The number of carbonyl (C=O) groups is 2. The van der Waals surface area contributed by atoms with E-state index in [2.05, 4.69) is 4.98 Å². The number of aliphatic hydroxyl groups excluding tert-OH is 1. The summed E-state index contributed by atoms with van der Waals surface area (Å²) in [6.07, 6.45) is 1.46. The Morgan fingerprint density at radius 2 is 2.16 bits per heavy atom. The Hall–Kier alpha value is -1.52. The number of aromatic nitrogens is 1. The minimum atomic E-state index is -3.69. The van der Waals surface area contributed by atoms with Crippen molar-refractivity contribution in [2.24, 2.45) is 11.8 Å². The zero-order valence-corrected chi connectivity index (χ0v) is 15.9. The van der Waals surface area contributed by atoms with Gasteiger partial charge in [0, 0.05) is 11.9 Å². The fourth-order valence-electron chi connectivity index (χ4n) is 3.90. The van der Waals surface area contributed by atoms with E-state index in [1.54, 1.807) is 10.3 Å². The molecule has 2 fully saturated rings. The van der Waals surface area contributed by atoms with Gasteiger partial charge in [-0.15, -0.1) is 11.3 Å². The number of hydrogen-bond acceptors (Lipinski definition) is 7. The van der Waals surface area contributed by atoms with E-state index in [0.29, 0.717) is 18.0 Å². The maximum absolute atomic E-state index is 12.9. The van der Waals surface area contributed by atoms with Crippen molar-refractivity contribution in [1.82, 2.24) is 14.2 Å². The molecule has 3 atom stereocenters. The number of carbonyl (C=O) groups excluding carboxylic acids is 2. The number of aliphatic hydroxyl groups is 1. The molecule has 0 aromatic carbocycles. The monoisotopic (exact) mass is 387 g/mol. The van der Waals surface area contributed by atoms with Crippen molar-refractivity contribution >= 4 is 33.2 Å². The van der Waals surface area contributed by atoms with Crippen molar-refractivity contribution in [2.45, 2.75) is 39.0 Å². The van der Waals surface area contributed by atoms with Gasteiger partial charge in [0.25, 0.3) is 5.91 Å². The zero-order chi connectivity index (χ0) is 18.5. The lowest BCUT2D eigenvalue weighted by atomic mass is 9.88. The number of thiazole rings is 1. The molecule has 2 amide bonds. The highest BCUT2D eigenvalue weighted by Gasteiger charge is 2.58. The highest BCUT2D eigenvalue weighted by atomic mass is 32.2. The van der Waals surface area contributed by atoms with Crippen molar-refractivity contribution in [1.29, 1.82) is 0 Å². The third kappa shape index (κ3) is 2.96. The Balaban J connectivity index is 1.96. The van der Waals surface area contributed by atoms with Crippen molar-refractivity contribution in [3.05, 3.63) is 16.1 Å². The normalized spacial score (nSPS) is 26.6. The molecule has 0 bridgehead atoms. The van der Waals surface area contributed by atoms with Crippen LogP contribution in [0.1, 0.15) is 35.8 Å². The Bertz CT molecular complexity index is 804. The standard InChI is InChI=1S/C15H21N3O5S2/c1-8(2)12-13-10(18(15(12)21)25(3,22)23)4-5-17(13)14(20)9-7-24-11(6-19)16-9/h7-8,10,12-13,19H,4-6H2,1-3H3/t10-,12+,13-/m1/s1. The lowest BCUT2D eigenvalue weighted by Crippen LogP contribution is -2.44. The molecule has 0 unspecified atom stereocenters. The molecule has 10 heteroatoms. The van der Waals surface area contributed by atoms with E-state index < -0.39 is 33.9 Å². The van der Waals surface area contributed by atoms with Gasteiger partial charge in [-0.2, -0.15) is 0 Å². The van der Waals surface area contributed by atoms with Crippen LogP contribution in [-0.4, -0.2) is 64.4 Å². The van der Waals surface area contributed by atoms with Crippen molar-refractivity contribution in [2.75, 3.05) is 12.8 Å². The summed E-state index contributed by atoms with van der Waals surface area (Å²) in [6.45, 7) is 3.86. The minimum Gasteiger partial charge on any atom is -0.389 e. The van der Waals surface area contributed by atoms with Gasteiger partial charge in [-0.25, -0.2) is 17.7 Å². The molecule has 1 N–H and O–H groups in total. The number of rotatable bonds is 4. The van der Waals surface area contributed by atoms with Gasteiger partial charge < -0.3 is 10.0 Å². The van der Waals surface area contributed by atoms with Crippen molar-refractivity contribution in [3.8, 4) is 0 Å². The lowest BCUT2D eigenvalue weighted by Gasteiger charge is -2.28. The van der Waals surface area contributed by atoms with E-state index in [9.17, 15) is 18.0 Å². The SMILES string of the molecule is CC(C)[C@@H]1C(=O)N(S(C)(=O)=O)[C@@H]2CCN(C(=O)c3csc(CO)n3)[C@H]21. The summed E-state index contributed by atoms with van der Waals surface area (Å²) in [6, 6.07) is -0.996. The van der Waals surface area contributed by atoms with Crippen LogP contribution in [0.2, 0.25) is 0 Å². The van der Waals surface area contributed by atoms with Gasteiger partial charge in [0.1, 0.15) is 10.7 Å². The summed E-state index contributed by atoms with van der Waals surface area (Å²) in [4.78, 5) is 31.3. The second-order valence-corrected chi connectivity index (χ2v) is 9.60. The quantitative estimate of drug-likeness (QED) is 0.796. The minimum absolute atomic E-state index is 0.0939. The topological polar surface area (TPSA) is 108 Å². The van der Waals surface area contributed by atoms with E-state index in [1.165, 1.54) is 11.3 Å². The highest BCUT2D eigenvalue weighted by molar-refractivity contribution is 7.88. The van der Waals surface area contributed by atoms with E-state index in [0.717, 1.165) is 10.6 Å². The zero-order valence-electron chi connectivity index (χ0n) is 14.2. The molecular weight excluding hydrogens is 366 g/mol. The number of fused-ring (bicyclic) bond motifs is 1. The average molecular weight is 387 g/mol. The Morgan fingerprint density at radius 1 is 1.48 bits per heavy atom. The molecule has 0 radical (unpaired) electrons. The molecule has 1 aromatic heterocycles. The van der Waals surface area contributed by atoms with Gasteiger partial charge in [0.05, 0.1) is 30.9 Å². The fraction of sp³-hybridized carbons (Fsp3) is 0.667. The van der Waals surface area contributed by atoms with E-state index in [1.807, 2.05) is 13.8 Å². The molecule has 0 spiro atoms. The van der Waals surface area contributed by atoms with Gasteiger partial charge in [-0.05, 0) is 12.3 Å². The van der Waals surface area contributed by atoms with Crippen molar-refractivity contribution in [3.63, 3.8) is 0 Å². The summed E-state index contributed by atoms with van der Waals surface area (Å²) < 4.78 is 25.2. The summed E-state index contributed by atoms with van der Waals surface area (Å²) in [5.41, 5.74) is 0.225. The average Bonchev–Trinajstić information content (AvgIpc) is 3.18. The molecule has 2 aliphatic rings. The highest BCUT2D eigenvalue weighted by Crippen LogP contribution is 2.41. The first-order valence-corrected chi connectivity index (χ1v) is 10.8. The number of amides is 2. The van der Waals surface area contributed by atoms with E-state index in [-0.39, 0.29) is 24.1 Å². The van der Waals surface area contributed by atoms with Crippen LogP contribution >= 0.6 is 11.3 Å².